The highest BCUT2D eigenvalue weighted by Crippen LogP contribution is 2.30. The number of nitrogens with two attached hydrogens (primary N) is 2. The Bertz CT molecular complexity index is 340. The second-order valence-corrected chi connectivity index (χ2v) is 6.38. The van der Waals surface area contributed by atoms with E-state index in [2.05, 4.69) is 0 Å². The minimum Gasteiger partial charge on any atom is -0.480 e. The predicted molar refractivity (Wildman–Crippen MR) is 75.0 cm³/mol. The van der Waals surface area contributed by atoms with Crippen LogP contribution in [0.2, 0.25) is 0 Å². The van der Waals surface area contributed by atoms with E-state index in [0.717, 1.165) is 21.6 Å². The second kappa shape index (κ2) is 9.18. The molecule has 0 radical (unpaired) electrons. The maximum absolute atomic E-state index is 11.8. The molecule has 0 aliphatic heterocycles. The molecule has 6 N–H and O–H groups in total. The van der Waals surface area contributed by atoms with Gasteiger partial charge in [-0.1, -0.05) is 28.5 Å². The van der Waals surface area contributed by atoms with Gasteiger partial charge in [0.1, 0.15) is 17.9 Å². The fourth-order valence-corrected chi connectivity index (χ4v) is 3.86. The fourth-order valence-electron chi connectivity index (χ4n) is 1.09. The van der Waals surface area contributed by atoms with Crippen LogP contribution in [-0.4, -0.2) is 51.0 Å². The Morgan fingerprint density at radius 1 is 1.16 bits per heavy atom. The highest BCUT2D eigenvalue weighted by Gasteiger charge is 2.31. The summed E-state index contributed by atoms with van der Waals surface area (Å²) in [6, 6.07) is -2.36. The lowest BCUT2D eigenvalue weighted by molar-refractivity contribution is -0.140. The predicted octanol–water partition coefficient (Wildman–Crippen LogP) is -0.0706. The Kier molecular flexibility index (Phi) is 8.81. The van der Waals surface area contributed by atoms with Gasteiger partial charge < -0.3 is 21.7 Å². The first kappa shape index (κ1) is 18.2. The van der Waals surface area contributed by atoms with Crippen molar-refractivity contribution >= 4 is 39.3 Å². The maximum Gasteiger partial charge on any atom is 0.322 e. The van der Waals surface area contributed by atoms with Gasteiger partial charge in [-0.25, -0.2) is 0 Å². The number of Topliss-reactive ketones (excluding diaryl/α,β-unsaturated/α-hetero) is 1. The SMILES string of the molecule is CCCC(=O)C(SSC[C@H](N)C(=O)O)[C@H](N)C(=O)O. The molecule has 0 heterocycles. The number of hydrogen-bond donors (Lipinski definition) is 4. The van der Waals surface area contributed by atoms with E-state index in [0.29, 0.717) is 6.42 Å². The summed E-state index contributed by atoms with van der Waals surface area (Å²) in [5.74, 6) is -2.58. The van der Waals surface area contributed by atoms with Crippen molar-refractivity contribution in [1.29, 1.82) is 0 Å². The van der Waals surface area contributed by atoms with Crippen LogP contribution in [-0.2, 0) is 14.4 Å². The summed E-state index contributed by atoms with van der Waals surface area (Å²) in [4.78, 5) is 33.1. The average Bonchev–Trinajstić information content (AvgIpc) is 2.33. The molecule has 0 fully saturated rings. The van der Waals surface area contributed by atoms with Crippen molar-refractivity contribution in [1.82, 2.24) is 0 Å². The van der Waals surface area contributed by atoms with Crippen LogP contribution in [0.1, 0.15) is 19.8 Å². The van der Waals surface area contributed by atoms with E-state index in [-0.39, 0.29) is 18.0 Å². The molecule has 0 saturated carbocycles. The first-order valence-electron chi connectivity index (χ1n) is 5.59. The molecule has 0 aliphatic carbocycles. The van der Waals surface area contributed by atoms with Gasteiger partial charge in [-0.15, -0.1) is 0 Å². The van der Waals surface area contributed by atoms with Crippen LogP contribution < -0.4 is 11.5 Å². The van der Waals surface area contributed by atoms with Crippen molar-refractivity contribution in [3.63, 3.8) is 0 Å². The van der Waals surface area contributed by atoms with Crippen LogP contribution in [0.5, 0.6) is 0 Å². The summed E-state index contributed by atoms with van der Waals surface area (Å²) in [7, 11) is 2.01. The molecule has 3 atom stereocenters. The Hall–Kier alpha value is -0.770. The van der Waals surface area contributed by atoms with E-state index >= 15 is 0 Å². The molecule has 0 amide bonds. The first-order chi connectivity index (χ1) is 8.81. The van der Waals surface area contributed by atoms with Gasteiger partial charge in [-0.3, -0.25) is 14.4 Å². The van der Waals surface area contributed by atoms with Crippen molar-refractivity contribution in [2.24, 2.45) is 11.5 Å². The molecule has 0 rings (SSSR count). The summed E-state index contributed by atoms with van der Waals surface area (Å²) in [5, 5.41) is 16.6. The van der Waals surface area contributed by atoms with Crippen molar-refractivity contribution in [3.05, 3.63) is 0 Å². The molecule has 110 valence electrons. The third kappa shape index (κ3) is 6.81. The number of hydrogen-bond acceptors (Lipinski definition) is 7. The van der Waals surface area contributed by atoms with Crippen LogP contribution >= 0.6 is 21.6 Å². The van der Waals surface area contributed by atoms with Gasteiger partial charge in [0.2, 0.25) is 0 Å². The number of carboxylic acid groups (broad SMARTS) is 2. The number of rotatable bonds is 10. The molecule has 19 heavy (non-hydrogen) atoms. The molecule has 0 aromatic rings. The van der Waals surface area contributed by atoms with Crippen molar-refractivity contribution < 1.29 is 24.6 Å². The van der Waals surface area contributed by atoms with Gasteiger partial charge in [0.25, 0.3) is 0 Å². The standard InChI is InChI=1S/C10H18N2O5S2/c1-2-3-6(13)8(7(12)10(16)17)19-18-4-5(11)9(14)15/h5,7-8H,2-4,11-12H2,1H3,(H,14,15)(H,16,17)/t5-,7-,8?/m0/s1. The summed E-state index contributed by atoms with van der Waals surface area (Å²) in [6.07, 6.45) is 0.839. The summed E-state index contributed by atoms with van der Waals surface area (Å²) >= 11 is 0. The lowest BCUT2D eigenvalue weighted by atomic mass is 10.1. The van der Waals surface area contributed by atoms with Crippen molar-refractivity contribution in [2.75, 3.05) is 5.75 Å². The smallest absolute Gasteiger partial charge is 0.322 e. The van der Waals surface area contributed by atoms with Gasteiger partial charge in [0, 0.05) is 12.2 Å². The number of carboxylic acids is 2. The van der Waals surface area contributed by atoms with Gasteiger partial charge in [-0.05, 0) is 6.42 Å². The highest BCUT2D eigenvalue weighted by atomic mass is 33.1. The number of ketones is 1. The highest BCUT2D eigenvalue weighted by molar-refractivity contribution is 8.77. The lowest BCUT2D eigenvalue weighted by Crippen LogP contribution is -2.44. The fraction of sp³-hybridized carbons (Fsp3) is 0.700. The lowest BCUT2D eigenvalue weighted by Gasteiger charge is -2.18. The Labute approximate surface area is 118 Å². The van der Waals surface area contributed by atoms with Crippen molar-refractivity contribution in [3.8, 4) is 0 Å². The van der Waals surface area contributed by atoms with E-state index in [1.54, 1.807) is 6.92 Å². The molecule has 0 aliphatic rings. The molecule has 0 aromatic heterocycles. The number of aliphatic carboxylic acids is 2. The van der Waals surface area contributed by atoms with E-state index in [4.69, 9.17) is 21.7 Å². The first-order valence-corrected chi connectivity index (χ1v) is 7.97. The van der Waals surface area contributed by atoms with E-state index in [9.17, 15) is 14.4 Å². The zero-order chi connectivity index (χ0) is 15.0. The summed E-state index contributed by atoms with van der Waals surface area (Å²) in [5.41, 5.74) is 10.8. The number of carbonyl (C=O) groups is 3. The Morgan fingerprint density at radius 2 is 1.74 bits per heavy atom. The molecule has 0 spiro atoms. The molecule has 7 nitrogen and oxygen atoms in total. The minimum atomic E-state index is -1.31. The third-order valence-electron chi connectivity index (χ3n) is 2.16. The van der Waals surface area contributed by atoms with Gasteiger partial charge in [0.15, 0.2) is 0 Å². The van der Waals surface area contributed by atoms with Crippen molar-refractivity contribution in [2.45, 2.75) is 37.1 Å². The molecular weight excluding hydrogens is 292 g/mol. The van der Waals surface area contributed by atoms with Crippen LogP contribution in [0.15, 0.2) is 0 Å². The topological polar surface area (TPSA) is 144 Å². The average molecular weight is 310 g/mol. The van der Waals surface area contributed by atoms with E-state index in [1.165, 1.54) is 0 Å². The van der Waals surface area contributed by atoms with Crippen LogP contribution in [0, 0.1) is 0 Å². The quantitative estimate of drug-likeness (QED) is 0.407. The monoisotopic (exact) mass is 310 g/mol. The van der Waals surface area contributed by atoms with E-state index in [1.807, 2.05) is 0 Å². The normalized spacial score (nSPS) is 15.5. The molecule has 0 saturated heterocycles. The summed E-state index contributed by atoms with van der Waals surface area (Å²) in [6.45, 7) is 1.80. The van der Waals surface area contributed by atoms with Gasteiger partial charge >= 0.3 is 11.9 Å². The minimum absolute atomic E-state index is 0.0717. The summed E-state index contributed by atoms with van der Waals surface area (Å²) < 4.78 is 0. The van der Waals surface area contributed by atoms with E-state index < -0.39 is 29.3 Å². The molecular formula is C10H18N2O5S2. The van der Waals surface area contributed by atoms with Crippen LogP contribution in [0.25, 0.3) is 0 Å². The van der Waals surface area contributed by atoms with Crippen LogP contribution in [0.3, 0.4) is 0 Å². The third-order valence-corrected chi connectivity index (χ3v) is 4.99. The number of carbonyl (C=O) groups excluding carboxylic acids is 1. The Balaban J connectivity index is 4.47. The van der Waals surface area contributed by atoms with Gasteiger partial charge in [-0.2, -0.15) is 0 Å². The Morgan fingerprint density at radius 3 is 2.16 bits per heavy atom. The molecule has 0 aromatic carbocycles. The van der Waals surface area contributed by atoms with Gasteiger partial charge in [0.05, 0.1) is 5.25 Å². The zero-order valence-corrected chi connectivity index (χ0v) is 12.1. The van der Waals surface area contributed by atoms with Crippen LogP contribution in [0.4, 0.5) is 0 Å². The molecule has 1 unspecified atom stereocenters. The molecule has 0 bridgehead atoms. The second-order valence-electron chi connectivity index (χ2n) is 3.83. The molecule has 9 heteroatoms. The maximum atomic E-state index is 11.8. The zero-order valence-electron chi connectivity index (χ0n) is 10.4. The largest absolute Gasteiger partial charge is 0.480 e.